The lowest BCUT2D eigenvalue weighted by molar-refractivity contribution is -0.114. The number of nitrogens with zero attached hydrogens (tertiary/aromatic N) is 1. The number of aliphatic hydroxyl groups excluding tert-OH is 1. The SMILES string of the molecule is O=C(NCCc1ccccc1CO)C1=Nc2ccc(I)cc2S(=O)(=O)N1. The molecular formula is C17H16IN3O4S. The number of hydrogen-bond donors (Lipinski definition) is 3. The highest BCUT2D eigenvalue weighted by Crippen LogP contribution is 2.29. The van der Waals surface area contributed by atoms with E-state index in [4.69, 9.17) is 0 Å². The highest BCUT2D eigenvalue weighted by atomic mass is 127. The van der Waals surface area contributed by atoms with Gasteiger partial charge in [-0.25, -0.2) is 13.4 Å². The summed E-state index contributed by atoms with van der Waals surface area (Å²) < 4.78 is 27.6. The van der Waals surface area contributed by atoms with Crippen molar-refractivity contribution >= 4 is 50.0 Å². The third-order valence-corrected chi connectivity index (χ3v) is 5.90. The van der Waals surface area contributed by atoms with Crippen molar-refractivity contribution in [3.8, 4) is 0 Å². The monoisotopic (exact) mass is 485 g/mol. The summed E-state index contributed by atoms with van der Waals surface area (Å²) in [5, 5.41) is 12.0. The van der Waals surface area contributed by atoms with Gasteiger partial charge in [0, 0.05) is 10.1 Å². The molecule has 3 N–H and O–H groups in total. The Balaban J connectivity index is 1.71. The molecule has 9 heteroatoms. The average molecular weight is 485 g/mol. The van der Waals surface area contributed by atoms with Gasteiger partial charge >= 0.3 is 0 Å². The minimum atomic E-state index is -3.83. The standard InChI is InChI=1S/C17H16IN3O4S/c18-13-5-6-14-15(9-13)26(24,25)21-16(20-14)17(23)19-8-7-11-3-1-2-4-12(11)10-22/h1-6,9,22H,7-8,10H2,(H,19,23)(H,20,21). The van der Waals surface area contributed by atoms with Crippen LogP contribution in [0.25, 0.3) is 0 Å². The number of rotatable bonds is 5. The maximum absolute atomic E-state index is 12.3. The molecule has 1 aliphatic rings. The van der Waals surface area contributed by atoms with E-state index < -0.39 is 15.9 Å². The molecule has 0 atom stereocenters. The molecule has 26 heavy (non-hydrogen) atoms. The summed E-state index contributed by atoms with van der Waals surface area (Å²) >= 11 is 2.01. The normalized spacial score (nSPS) is 14.8. The number of amidine groups is 1. The van der Waals surface area contributed by atoms with Gasteiger partial charge in [-0.05, 0) is 58.3 Å². The Kier molecular flexibility index (Phi) is 5.58. The molecule has 1 amide bonds. The van der Waals surface area contributed by atoms with Crippen molar-refractivity contribution < 1.29 is 18.3 Å². The zero-order valence-corrected chi connectivity index (χ0v) is 16.5. The molecule has 0 spiro atoms. The molecule has 0 aliphatic carbocycles. The summed E-state index contributed by atoms with van der Waals surface area (Å²) in [6.07, 6.45) is 0.511. The number of carbonyl (C=O) groups is 1. The second-order valence-corrected chi connectivity index (χ2v) is 8.51. The first-order valence-electron chi connectivity index (χ1n) is 7.77. The van der Waals surface area contributed by atoms with Crippen molar-refractivity contribution in [2.45, 2.75) is 17.9 Å². The molecule has 3 rings (SSSR count). The molecule has 0 fully saturated rings. The van der Waals surface area contributed by atoms with Crippen molar-refractivity contribution in [3.63, 3.8) is 0 Å². The summed E-state index contributed by atoms with van der Waals surface area (Å²) in [4.78, 5) is 16.5. The molecule has 0 radical (unpaired) electrons. The Bertz CT molecular complexity index is 989. The minimum Gasteiger partial charge on any atom is -0.392 e. The van der Waals surface area contributed by atoms with Gasteiger partial charge in [-0.3, -0.25) is 9.52 Å². The van der Waals surface area contributed by atoms with Crippen LogP contribution in [0.1, 0.15) is 11.1 Å². The number of aliphatic imine (C=N–C) groups is 1. The van der Waals surface area contributed by atoms with Crippen LogP contribution in [0.3, 0.4) is 0 Å². The zero-order chi connectivity index (χ0) is 18.7. The molecule has 136 valence electrons. The van der Waals surface area contributed by atoms with Gasteiger partial charge in [0.25, 0.3) is 15.9 Å². The van der Waals surface area contributed by atoms with Gasteiger partial charge in [-0.2, -0.15) is 0 Å². The van der Waals surface area contributed by atoms with E-state index >= 15 is 0 Å². The Morgan fingerprint density at radius 3 is 2.65 bits per heavy atom. The number of hydrogen-bond acceptors (Lipinski definition) is 5. The van der Waals surface area contributed by atoms with Gasteiger partial charge in [0.2, 0.25) is 5.84 Å². The lowest BCUT2D eigenvalue weighted by atomic mass is 10.1. The summed E-state index contributed by atoms with van der Waals surface area (Å²) in [6, 6.07) is 12.2. The van der Waals surface area contributed by atoms with E-state index in [0.717, 1.165) is 14.7 Å². The molecule has 7 nitrogen and oxygen atoms in total. The first kappa shape index (κ1) is 18.8. The number of aliphatic hydroxyl groups is 1. The Labute approximate surface area is 164 Å². The summed E-state index contributed by atoms with van der Waals surface area (Å²) in [5.41, 5.74) is 1.95. The fraction of sp³-hybridized carbons (Fsp3) is 0.176. The second-order valence-electron chi connectivity index (χ2n) is 5.61. The van der Waals surface area contributed by atoms with E-state index in [0.29, 0.717) is 6.42 Å². The number of carbonyl (C=O) groups excluding carboxylic acids is 1. The minimum absolute atomic E-state index is 0.0535. The molecule has 0 aromatic heterocycles. The van der Waals surface area contributed by atoms with Crippen LogP contribution in [-0.2, 0) is 27.8 Å². The predicted molar refractivity (Wildman–Crippen MR) is 106 cm³/mol. The van der Waals surface area contributed by atoms with Crippen molar-refractivity contribution in [3.05, 3.63) is 57.2 Å². The molecular weight excluding hydrogens is 469 g/mol. The number of benzene rings is 2. The molecule has 0 bridgehead atoms. The molecule has 2 aromatic rings. The predicted octanol–water partition coefficient (Wildman–Crippen LogP) is 1.46. The molecule has 1 heterocycles. The third kappa shape index (κ3) is 4.05. The third-order valence-electron chi connectivity index (χ3n) is 3.86. The first-order valence-corrected chi connectivity index (χ1v) is 10.3. The first-order chi connectivity index (χ1) is 12.4. The zero-order valence-electron chi connectivity index (χ0n) is 13.6. The fourth-order valence-corrected chi connectivity index (χ4v) is 4.44. The molecule has 0 saturated heterocycles. The largest absolute Gasteiger partial charge is 0.392 e. The Morgan fingerprint density at radius 1 is 1.19 bits per heavy atom. The maximum Gasteiger partial charge on any atom is 0.287 e. The maximum atomic E-state index is 12.3. The van der Waals surface area contributed by atoms with Crippen molar-refractivity contribution in [2.75, 3.05) is 6.54 Å². The molecule has 0 unspecified atom stereocenters. The van der Waals surface area contributed by atoms with E-state index in [1.165, 1.54) is 6.07 Å². The van der Waals surface area contributed by atoms with E-state index in [1.54, 1.807) is 12.1 Å². The van der Waals surface area contributed by atoms with Gasteiger partial charge in [0.1, 0.15) is 4.90 Å². The van der Waals surface area contributed by atoms with Crippen molar-refractivity contribution in [2.24, 2.45) is 4.99 Å². The highest BCUT2D eigenvalue weighted by molar-refractivity contribution is 14.1. The smallest absolute Gasteiger partial charge is 0.287 e. The summed E-state index contributed by atoms with van der Waals surface area (Å²) in [7, 11) is -3.83. The van der Waals surface area contributed by atoms with Crippen molar-refractivity contribution in [1.29, 1.82) is 0 Å². The molecule has 2 aromatic carbocycles. The number of sulfonamides is 1. The van der Waals surface area contributed by atoms with Crippen LogP contribution in [0.15, 0.2) is 52.4 Å². The Morgan fingerprint density at radius 2 is 1.92 bits per heavy atom. The van der Waals surface area contributed by atoms with Crippen LogP contribution in [0, 0.1) is 3.57 Å². The summed E-state index contributed by atoms with van der Waals surface area (Å²) in [6.45, 7) is 0.211. The molecule has 1 aliphatic heterocycles. The van der Waals surface area contributed by atoms with E-state index in [1.807, 2.05) is 46.9 Å². The number of fused-ring (bicyclic) bond motifs is 1. The van der Waals surface area contributed by atoms with E-state index in [2.05, 4.69) is 15.0 Å². The second kappa shape index (κ2) is 7.72. The average Bonchev–Trinajstić information content (AvgIpc) is 2.62. The number of nitrogens with one attached hydrogen (secondary N) is 2. The molecule has 0 saturated carbocycles. The van der Waals surface area contributed by atoms with Gasteiger partial charge < -0.3 is 10.4 Å². The van der Waals surface area contributed by atoms with Gasteiger partial charge in [0.15, 0.2) is 0 Å². The van der Waals surface area contributed by atoms with Gasteiger partial charge in [-0.15, -0.1) is 0 Å². The van der Waals surface area contributed by atoms with Gasteiger partial charge in [0.05, 0.1) is 12.3 Å². The number of amides is 1. The Hall–Kier alpha value is -1.98. The lowest BCUT2D eigenvalue weighted by Crippen LogP contribution is -2.44. The van der Waals surface area contributed by atoms with Crippen LogP contribution >= 0.6 is 22.6 Å². The summed E-state index contributed by atoms with van der Waals surface area (Å²) in [5.74, 6) is -0.853. The quantitative estimate of drug-likeness (QED) is 0.558. The topological polar surface area (TPSA) is 108 Å². The van der Waals surface area contributed by atoms with Gasteiger partial charge in [-0.1, -0.05) is 24.3 Å². The van der Waals surface area contributed by atoms with E-state index in [-0.39, 0.29) is 29.6 Å². The van der Waals surface area contributed by atoms with Crippen LogP contribution in [0.2, 0.25) is 0 Å². The fourth-order valence-electron chi connectivity index (χ4n) is 2.57. The van der Waals surface area contributed by atoms with E-state index in [9.17, 15) is 18.3 Å². The lowest BCUT2D eigenvalue weighted by Gasteiger charge is -2.17. The van der Waals surface area contributed by atoms with Crippen LogP contribution in [0.4, 0.5) is 5.69 Å². The van der Waals surface area contributed by atoms with Crippen LogP contribution < -0.4 is 10.0 Å². The van der Waals surface area contributed by atoms with Crippen molar-refractivity contribution in [1.82, 2.24) is 10.0 Å². The van der Waals surface area contributed by atoms with Crippen LogP contribution in [-0.4, -0.2) is 31.8 Å². The highest BCUT2D eigenvalue weighted by Gasteiger charge is 2.28. The number of halogens is 1. The van der Waals surface area contributed by atoms with Crippen LogP contribution in [0.5, 0.6) is 0 Å².